The Morgan fingerprint density at radius 3 is 2.65 bits per heavy atom. The number of amides is 1. The van der Waals surface area contributed by atoms with Crippen molar-refractivity contribution in [3.63, 3.8) is 0 Å². The van der Waals surface area contributed by atoms with Crippen LogP contribution in [0.5, 0.6) is 0 Å². The first-order chi connectivity index (χ1) is 11.2. The van der Waals surface area contributed by atoms with Crippen molar-refractivity contribution in [2.24, 2.45) is 0 Å². The second-order valence-electron chi connectivity index (χ2n) is 5.65. The van der Waals surface area contributed by atoms with Crippen LogP contribution in [0.1, 0.15) is 48.6 Å². The Morgan fingerprint density at radius 2 is 1.91 bits per heavy atom. The lowest BCUT2D eigenvalue weighted by Gasteiger charge is -2.18. The fourth-order valence-electron chi connectivity index (χ4n) is 2.69. The minimum Gasteiger partial charge on any atom is -0.297 e. The summed E-state index contributed by atoms with van der Waals surface area (Å²) in [5, 5.41) is 13.4. The molecule has 23 heavy (non-hydrogen) atoms. The summed E-state index contributed by atoms with van der Waals surface area (Å²) in [7, 11) is 0. The van der Waals surface area contributed by atoms with E-state index in [1.165, 1.54) is 49.5 Å². The van der Waals surface area contributed by atoms with Gasteiger partial charge in [0.25, 0.3) is 0 Å². The topological polar surface area (TPSA) is 54.9 Å². The molecule has 1 heterocycles. The fourth-order valence-corrected chi connectivity index (χ4v) is 3.73. The number of hydrogen-bond acceptors (Lipinski definition) is 4. The number of rotatable bonds is 4. The van der Waals surface area contributed by atoms with Crippen LogP contribution in [0.15, 0.2) is 30.3 Å². The van der Waals surface area contributed by atoms with E-state index in [1.807, 2.05) is 12.1 Å². The molecular weight excluding hydrogens is 330 g/mol. The van der Waals surface area contributed by atoms with E-state index in [1.54, 1.807) is 18.2 Å². The largest absolute Gasteiger partial charge is 0.297 e. The van der Waals surface area contributed by atoms with Crippen LogP contribution in [0.2, 0.25) is 5.02 Å². The van der Waals surface area contributed by atoms with Gasteiger partial charge in [0, 0.05) is 17.0 Å². The lowest BCUT2D eigenvalue weighted by molar-refractivity contribution is -0.111. The van der Waals surface area contributed by atoms with Gasteiger partial charge < -0.3 is 0 Å². The van der Waals surface area contributed by atoms with E-state index in [0.29, 0.717) is 16.1 Å². The first kappa shape index (κ1) is 16.1. The molecule has 0 radical (unpaired) electrons. The van der Waals surface area contributed by atoms with Crippen molar-refractivity contribution in [3.8, 4) is 0 Å². The van der Waals surface area contributed by atoms with Gasteiger partial charge in [-0.1, -0.05) is 54.3 Å². The van der Waals surface area contributed by atoms with E-state index in [2.05, 4.69) is 15.5 Å². The molecule has 1 N–H and O–H groups in total. The number of benzene rings is 1. The van der Waals surface area contributed by atoms with Gasteiger partial charge >= 0.3 is 0 Å². The third-order valence-electron chi connectivity index (χ3n) is 3.92. The summed E-state index contributed by atoms with van der Waals surface area (Å²) in [5.41, 5.74) is 0.921. The normalized spacial score (nSPS) is 15.9. The zero-order valence-electron chi connectivity index (χ0n) is 12.7. The Labute approximate surface area is 144 Å². The summed E-state index contributed by atoms with van der Waals surface area (Å²) >= 11 is 7.32. The van der Waals surface area contributed by atoms with Gasteiger partial charge in [0.15, 0.2) is 0 Å². The van der Waals surface area contributed by atoms with E-state index in [-0.39, 0.29) is 5.91 Å². The maximum absolute atomic E-state index is 12.0. The maximum atomic E-state index is 12.0. The van der Waals surface area contributed by atoms with Crippen LogP contribution in [0, 0.1) is 0 Å². The predicted molar refractivity (Wildman–Crippen MR) is 94.9 cm³/mol. The quantitative estimate of drug-likeness (QED) is 0.801. The number of nitrogens with zero attached hydrogens (tertiary/aromatic N) is 2. The first-order valence-electron chi connectivity index (χ1n) is 7.79. The van der Waals surface area contributed by atoms with Crippen molar-refractivity contribution in [2.45, 2.75) is 38.0 Å². The molecular formula is C17H18ClN3OS. The number of anilines is 1. The van der Waals surface area contributed by atoms with Gasteiger partial charge in [-0.25, -0.2) is 0 Å². The van der Waals surface area contributed by atoms with E-state index >= 15 is 0 Å². The fraction of sp³-hybridized carbons (Fsp3) is 0.353. The highest BCUT2D eigenvalue weighted by molar-refractivity contribution is 7.15. The highest BCUT2D eigenvalue weighted by atomic mass is 35.5. The lowest BCUT2D eigenvalue weighted by Crippen LogP contribution is -2.07. The summed E-state index contributed by atoms with van der Waals surface area (Å²) < 4.78 is 0. The number of aromatic nitrogens is 2. The van der Waals surface area contributed by atoms with Crippen molar-refractivity contribution in [1.29, 1.82) is 0 Å². The van der Waals surface area contributed by atoms with Gasteiger partial charge in [0.2, 0.25) is 11.0 Å². The standard InChI is InChI=1S/C17H18ClN3OS/c18-14-9-6-12(7-10-14)8-11-15(22)19-17-21-20-16(23-17)13-4-2-1-3-5-13/h6-11,13H,1-5H2,(H,19,21,22)/b11-8+. The number of carbonyl (C=O) groups is 1. The van der Waals surface area contributed by atoms with Gasteiger partial charge in [-0.05, 0) is 36.6 Å². The maximum Gasteiger partial charge on any atom is 0.250 e. The third-order valence-corrected chi connectivity index (χ3v) is 5.18. The number of carbonyl (C=O) groups excluding carboxylic acids is 1. The zero-order valence-corrected chi connectivity index (χ0v) is 14.2. The second kappa shape index (κ2) is 7.70. The van der Waals surface area contributed by atoms with Gasteiger partial charge in [-0.3, -0.25) is 10.1 Å². The van der Waals surface area contributed by atoms with Crippen LogP contribution in [0.4, 0.5) is 5.13 Å². The SMILES string of the molecule is O=C(/C=C/c1ccc(Cl)cc1)Nc1nnc(C2CCCCC2)s1. The van der Waals surface area contributed by atoms with E-state index in [9.17, 15) is 4.79 Å². The average molecular weight is 348 g/mol. The summed E-state index contributed by atoms with van der Waals surface area (Å²) in [6.45, 7) is 0. The van der Waals surface area contributed by atoms with E-state index < -0.39 is 0 Å². The minimum atomic E-state index is -0.203. The molecule has 0 bridgehead atoms. The molecule has 1 fully saturated rings. The van der Waals surface area contributed by atoms with Crippen molar-refractivity contribution in [3.05, 3.63) is 45.9 Å². The summed E-state index contributed by atoms with van der Waals surface area (Å²) in [6.07, 6.45) is 9.43. The molecule has 1 aromatic heterocycles. The van der Waals surface area contributed by atoms with Gasteiger partial charge in [0.1, 0.15) is 5.01 Å². The molecule has 1 saturated carbocycles. The highest BCUT2D eigenvalue weighted by Gasteiger charge is 2.19. The Hall–Kier alpha value is -1.72. The lowest BCUT2D eigenvalue weighted by atomic mass is 9.90. The minimum absolute atomic E-state index is 0.203. The Kier molecular flexibility index (Phi) is 5.41. The van der Waals surface area contributed by atoms with Crippen LogP contribution in [0.25, 0.3) is 6.08 Å². The van der Waals surface area contributed by atoms with Crippen molar-refractivity contribution >= 4 is 40.1 Å². The predicted octanol–water partition coefficient (Wildman–Crippen LogP) is 4.89. The average Bonchev–Trinajstić information content (AvgIpc) is 3.04. The molecule has 0 atom stereocenters. The Balaban J connectivity index is 1.57. The number of hydrogen-bond donors (Lipinski definition) is 1. The molecule has 3 rings (SSSR count). The molecule has 1 aliphatic rings. The molecule has 4 nitrogen and oxygen atoms in total. The molecule has 1 aliphatic carbocycles. The molecule has 1 amide bonds. The monoisotopic (exact) mass is 347 g/mol. The number of halogens is 1. The van der Waals surface area contributed by atoms with Crippen molar-refractivity contribution in [2.75, 3.05) is 5.32 Å². The number of nitrogens with one attached hydrogen (secondary N) is 1. The van der Waals surface area contributed by atoms with Gasteiger partial charge in [-0.2, -0.15) is 0 Å². The van der Waals surface area contributed by atoms with Crippen LogP contribution in [-0.4, -0.2) is 16.1 Å². The van der Waals surface area contributed by atoms with Gasteiger partial charge in [-0.15, -0.1) is 10.2 Å². The molecule has 0 aliphatic heterocycles. The molecule has 120 valence electrons. The Morgan fingerprint density at radius 1 is 1.17 bits per heavy atom. The van der Waals surface area contributed by atoms with E-state index in [4.69, 9.17) is 11.6 Å². The molecule has 6 heteroatoms. The molecule has 0 unspecified atom stereocenters. The summed E-state index contributed by atoms with van der Waals surface area (Å²) in [6, 6.07) is 7.30. The Bertz CT molecular complexity index is 690. The summed E-state index contributed by atoms with van der Waals surface area (Å²) in [4.78, 5) is 12.0. The van der Waals surface area contributed by atoms with Crippen LogP contribution >= 0.6 is 22.9 Å². The third kappa shape index (κ3) is 4.62. The second-order valence-corrected chi connectivity index (χ2v) is 7.10. The zero-order chi connectivity index (χ0) is 16.1. The van der Waals surface area contributed by atoms with Crippen LogP contribution < -0.4 is 5.32 Å². The van der Waals surface area contributed by atoms with Crippen LogP contribution in [0.3, 0.4) is 0 Å². The molecule has 0 spiro atoms. The van der Waals surface area contributed by atoms with Crippen molar-refractivity contribution < 1.29 is 4.79 Å². The molecule has 1 aromatic carbocycles. The molecule has 2 aromatic rings. The van der Waals surface area contributed by atoms with E-state index in [0.717, 1.165) is 10.6 Å². The highest BCUT2D eigenvalue weighted by Crippen LogP contribution is 2.35. The van der Waals surface area contributed by atoms with Crippen molar-refractivity contribution in [1.82, 2.24) is 10.2 Å². The van der Waals surface area contributed by atoms with Gasteiger partial charge in [0.05, 0.1) is 0 Å². The summed E-state index contributed by atoms with van der Waals surface area (Å²) in [5.74, 6) is 0.308. The molecule has 0 saturated heterocycles. The van der Waals surface area contributed by atoms with Crippen LogP contribution in [-0.2, 0) is 4.79 Å². The smallest absolute Gasteiger partial charge is 0.250 e. The first-order valence-corrected chi connectivity index (χ1v) is 8.98.